The third kappa shape index (κ3) is 18.4. The first-order valence-electron chi connectivity index (χ1n) is 18.1. The van der Waals surface area contributed by atoms with Gasteiger partial charge >= 0.3 is 52.0 Å². The van der Waals surface area contributed by atoms with Crippen LogP contribution in [-0.4, -0.2) is 121 Å². The third-order valence-corrected chi connectivity index (χ3v) is 9.51. The quantitative estimate of drug-likeness (QED) is 0.0473. The Hall–Kier alpha value is -5.35. The van der Waals surface area contributed by atoms with Crippen LogP contribution >= 0.6 is 24.4 Å². The molecule has 0 aliphatic carbocycles. The van der Waals surface area contributed by atoms with Crippen LogP contribution in [0.25, 0.3) is 0 Å². The third-order valence-electron chi connectivity index (χ3n) is 8.19. The van der Waals surface area contributed by atoms with Gasteiger partial charge in [0.15, 0.2) is 0 Å². The molecule has 0 saturated carbocycles. The number of benzene rings is 2. The molecule has 2 heterocycles. The number of hydrogen-bond donors (Lipinski definition) is 3. The summed E-state index contributed by atoms with van der Waals surface area (Å²) in [6.07, 6.45) is 3.60. The van der Waals surface area contributed by atoms with Gasteiger partial charge in [-0.2, -0.15) is 12.6 Å². The predicted octanol–water partition coefficient (Wildman–Crippen LogP) is 6.82. The number of hydrogen-bond acceptors (Lipinski definition) is 14. The van der Waals surface area contributed by atoms with Gasteiger partial charge in [-0.15, -0.1) is 0 Å². The maximum absolute atomic E-state index is 12.5. The first-order chi connectivity index (χ1) is 28.2. The Balaban J connectivity index is 0.000000558. The van der Waals surface area contributed by atoms with Crippen molar-refractivity contribution in [2.75, 3.05) is 64.2 Å². The van der Waals surface area contributed by atoms with Crippen LogP contribution in [0.5, 0.6) is 0 Å². The summed E-state index contributed by atoms with van der Waals surface area (Å²) in [7, 11) is 2.68. The topological polar surface area (TPSA) is 202 Å². The first-order valence-corrected chi connectivity index (χ1v) is 19.5. The van der Waals surface area contributed by atoms with E-state index < -0.39 is 17.7 Å². The molecule has 2 aromatic rings. The van der Waals surface area contributed by atoms with Crippen LogP contribution in [0.1, 0.15) is 54.3 Å². The second-order valence-electron chi connectivity index (χ2n) is 13.6. The molecule has 2 aliphatic heterocycles. The average Bonchev–Trinajstić information content (AvgIpc) is 3.83. The van der Waals surface area contributed by atoms with Gasteiger partial charge in [0.25, 0.3) is 0 Å². The number of carbonyl (C=O) groups excluding carboxylic acids is 5. The van der Waals surface area contributed by atoms with E-state index >= 15 is 0 Å². The number of ether oxygens (including phenoxy) is 5. The van der Waals surface area contributed by atoms with E-state index in [1.54, 1.807) is 46.2 Å². The minimum absolute atomic E-state index is 0.0217. The summed E-state index contributed by atoms with van der Waals surface area (Å²) in [6.45, 7) is 23.7. The molecule has 2 aliphatic rings. The number of thiol groups is 1. The van der Waals surface area contributed by atoms with E-state index in [1.807, 2.05) is 32.9 Å². The Morgan fingerprint density at radius 2 is 1.24 bits per heavy atom. The van der Waals surface area contributed by atoms with Crippen molar-refractivity contribution in [3.8, 4) is 0 Å². The molecule has 18 heteroatoms. The Morgan fingerprint density at radius 1 is 0.797 bits per heavy atom. The van der Waals surface area contributed by atoms with E-state index in [4.69, 9.17) is 33.0 Å². The van der Waals surface area contributed by atoms with Gasteiger partial charge in [0, 0.05) is 48.1 Å². The molecule has 0 spiro atoms. The van der Waals surface area contributed by atoms with Crippen molar-refractivity contribution in [3.05, 3.63) is 98.3 Å². The molecule has 0 aromatic heterocycles. The number of nitrogens with one attached hydrogen (secondary N) is 2. The minimum atomic E-state index is -0.573. The molecule has 0 bridgehead atoms. The monoisotopic (exact) mass is 856 g/mol. The predicted molar refractivity (Wildman–Crippen MR) is 224 cm³/mol. The van der Waals surface area contributed by atoms with Crippen molar-refractivity contribution in [1.29, 1.82) is 0 Å². The summed E-state index contributed by atoms with van der Waals surface area (Å²) in [4.78, 5) is 63.4. The van der Waals surface area contributed by atoms with Crippen molar-refractivity contribution in [1.82, 2.24) is 9.80 Å². The molecule has 16 nitrogen and oxygen atoms in total. The van der Waals surface area contributed by atoms with Gasteiger partial charge in [0.2, 0.25) is 0 Å². The molecule has 4 atom stereocenters. The molecule has 2 unspecified atom stereocenters. The average molecular weight is 857 g/mol. The van der Waals surface area contributed by atoms with Crippen molar-refractivity contribution in [3.63, 3.8) is 0 Å². The maximum atomic E-state index is 12.5. The van der Waals surface area contributed by atoms with Crippen LogP contribution in [0.2, 0.25) is 0 Å². The summed E-state index contributed by atoms with van der Waals surface area (Å²) in [5.74, 6) is -0.808. The summed E-state index contributed by atoms with van der Waals surface area (Å²) in [6, 6.07) is 13.8. The van der Waals surface area contributed by atoms with Crippen molar-refractivity contribution >= 4 is 65.2 Å². The molecule has 59 heavy (non-hydrogen) atoms. The molecule has 4 rings (SSSR count). The van der Waals surface area contributed by atoms with Crippen LogP contribution < -0.4 is 10.6 Å². The number of nitrogens with zero attached hydrogens (tertiary/aromatic N) is 2. The number of thioether (sulfide) groups is 1. The standard InChI is InChI=1S/C22H30N2O6S.C17H22N2O4S.2CO/c1-6-10-29-20(26)24-14-18(31-21(27)30-22(2,3)4)12-17(24)13-23-16-9-7-8-15(11-16)19(25)28-5;1-3-7-23-17(21)19-11-15(24)9-14(19)10-18-13-6-4-5-12(8-13)16(20)22-2;2*1-2/h6-9,11,17-18,23H,1,10,12-14H2,2-5H3;3-6,8,14-15,18,24H,1,7,9-11H2,2H3;;/t17-,18?;14-,15?;;/m00../s1. The number of methoxy groups -OCH3 is 2. The zero-order chi connectivity index (χ0) is 44.5. The molecule has 0 radical (unpaired) electrons. The Bertz CT molecular complexity index is 1740. The normalized spacial score (nSPS) is 17.7. The van der Waals surface area contributed by atoms with E-state index in [0.29, 0.717) is 43.7 Å². The summed E-state index contributed by atoms with van der Waals surface area (Å²) >= 11 is 5.57. The Kier molecular flexibility index (Phi) is 24.0. The molecular formula is C41H52N4O12S2. The number of rotatable bonds is 13. The van der Waals surface area contributed by atoms with Crippen molar-refractivity contribution < 1.29 is 57.0 Å². The zero-order valence-corrected chi connectivity index (χ0v) is 35.5. The fraction of sp³-hybridized carbons (Fsp3) is 0.439. The second kappa shape index (κ2) is 27.4. The van der Waals surface area contributed by atoms with Gasteiger partial charge in [-0.05, 0) is 81.8 Å². The fourth-order valence-corrected chi connectivity index (χ4v) is 7.28. The molecule has 2 N–H and O–H groups in total. The van der Waals surface area contributed by atoms with E-state index in [-0.39, 0.29) is 53.2 Å². The second-order valence-corrected chi connectivity index (χ2v) is 15.5. The van der Waals surface area contributed by atoms with Crippen molar-refractivity contribution in [2.24, 2.45) is 0 Å². The van der Waals surface area contributed by atoms with Crippen LogP contribution in [0.15, 0.2) is 73.8 Å². The van der Waals surface area contributed by atoms with Gasteiger partial charge < -0.3 is 44.1 Å². The zero-order valence-electron chi connectivity index (χ0n) is 33.8. The van der Waals surface area contributed by atoms with Gasteiger partial charge in [-0.3, -0.25) is 0 Å². The molecule has 2 aromatic carbocycles. The van der Waals surface area contributed by atoms with Crippen molar-refractivity contribution in [2.45, 2.75) is 61.8 Å². The Labute approximate surface area is 355 Å². The van der Waals surface area contributed by atoms with Gasteiger partial charge in [0.1, 0.15) is 18.8 Å². The summed E-state index contributed by atoms with van der Waals surface area (Å²) < 4.78 is 40.2. The van der Waals surface area contributed by atoms with Gasteiger partial charge in [0.05, 0.1) is 37.4 Å². The SMILES string of the molecule is C=CCOC(=O)N1CC(S)C[C@H]1CNc1cccc(C(=O)OC)c1.C=CCOC(=O)N1CC(SC(=O)OC(C)(C)C)C[C@H]1CNc1cccc(C(=O)OC)c1.[C-]#[O+].[C-]#[O+]. The summed E-state index contributed by atoms with van der Waals surface area (Å²) in [5, 5.41) is 6.16. The summed E-state index contributed by atoms with van der Waals surface area (Å²) in [5.41, 5.74) is 1.85. The van der Waals surface area contributed by atoms with E-state index in [9.17, 15) is 24.0 Å². The number of amides is 2. The molecule has 2 saturated heterocycles. The number of anilines is 2. The molecular weight excluding hydrogens is 805 g/mol. The molecule has 2 fully saturated rings. The van der Waals surface area contributed by atoms with E-state index in [0.717, 1.165) is 29.6 Å². The van der Waals surface area contributed by atoms with E-state index in [1.165, 1.54) is 26.4 Å². The van der Waals surface area contributed by atoms with Crippen LogP contribution in [0.3, 0.4) is 0 Å². The van der Waals surface area contributed by atoms with Crippen LogP contribution in [-0.2, 0) is 33.0 Å². The first kappa shape index (κ1) is 51.7. The van der Waals surface area contributed by atoms with Crippen LogP contribution in [0.4, 0.5) is 25.8 Å². The fourth-order valence-electron chi connectivity index (χ4n) is 5.74. The Morgan fingerprint density at radius 3 is 1.66 bits per heavy atom. The number of carbonyl (C=O) groups is 5. The molecule has 2 amide bonds. The van der Waals surface area contributed by atoms with E-state index in [2.05, 4.69) is 49.7 Å². The number of likely N-dealkylation sites (tertiary alicyclic amines) is 2. The van der Waals surface area contributed by atoms with Gasteiger partial charge in [-0.1, -0.05) is 37.4 Å². The molecule has 320 valence electrons. The van der Waals surface area contributed by atoms with Gasteiger partial charge in [-0.25, -0.2) is 24.0 Å². The number of esters is 2. The van der Waals surface area contributed by atoms with Crippen LogP contribution in [0, 0.1) is 13.3 Å².